The molecule has 1 saturated heterocycles. The maximum absolute atomic E-state index is 11.5. The second-order valence-electron chi connectivity index (χ2n) is 4.88. The van der Waals surface area contributed by atoms with Crippen LogP contribution in [0.1, 0.15) is 23.3 Å². The van der Waals surface area contributed by atoms with Crippen molar-refractivity contribution in [2.45, 2.75) is 25.8 Å². The Labute approximate surface area is 106 Å². The number of nitrogens with zero attached hydrogens (tertiary/aromatic N) is 2. The maximum atomic E-state index is 11.5. The minimum absolute atomic E-state index is 0.346. The molecule has 0 aromatic carbocycles. The van der Waals surface area contributed by atoms with Crippen molar-refractivity contribution in [1.82, 2.24) is 9.80 Å². The zero-order valence-electron chi connectivity index (χ0n) is 10.0. The van der Waals surface area contributed by atoms with Gasteiger partial charge in [0, 0.05) is 44.0 Å². The summed E-state index contributed by atoms with van der Waals surface area (Å²) in [4.78, 5) is 17.6. The SMILES string of the molecule is O=C1CCCN1CCN1CCc2sccc2C1. The van der Waals surface area contributed by atoms with E-state index < -0.39 is 0 Å². The Kier molecular flexibility index (Phi) is 3.16. The Morgan fingerprint density at radius 2 is 2.18 bits per heavy atom. The van der Waals surface area contributed by atoms with Crippen LogP contribution in [-0.4, -0.2) is 41.9 Å². The molecule has 3 rings (SSSR count). The number of amides is 1. The summed E-state index contributed by atoms with van der Waals surface area (Å²) in [7, 11) is 0. The van der Waals surface area contributed by atoms with Crippen molar-refractivity contribution in [2.24, 2.45) is 0 Å². The van der Waals surface area contributed by atoms with Crippen LogP contribution in [0.5, 0.6) is 0 Å². The van der Waals surface area contributed by atoms with Gasteiger partial charge in [-0.3, -0.25) is 9.69 Å². The molecule has 0 saturated carbocycles. The van der Waals surface area contributed by atoms with Crippen LogP contribution in [0, 0.1) is 0 Å². The summed E-state index contributed by atoms with van der Waals surface area (Å²) in [5.41, 5.74) is 1.49. The van der Waals surface area contributed by atoms with Gasteiger partial charge in [0.1, 0.15) is 0 Å². The molecule has 17 heavy (non-hydrogen) atoms. The molecule has 0 N–H and O–H groups in total. The fraction of sp³-hybridized carbons (Fsp3) is 0.615. The molecule has 0 spiro atoms. The van der Waals surface area contributed by atoms with Crippen molar-refractivity contribution in [2.75, 3.05) is 26.2 Å². The molecule has 1 aromatic rings. The summed E-state index contributed by atoms with van der Waals surface area (Å²) in [5, 5.41) is 2.19. The summed E-state index contributed by atoms with van der Waals surface area (Å²) in [5.74, 6) is 0.346. The summed E-state index contributed by atoms with van der Waals surface area (Å²) in [6.07, 6.45) is 2.99. The van der Waals surface area contributed by atoms with E-state index in [0.717, 1.165) is 45.6 Å². The summed E-state index contributed by atoms with van der Waals surface area (Å²) in [6, 6.07) is 2.24. The topological polar surface area (TPSA) is 23.6 Å². The Bertz CT molecular complexity index is 415. The lowest BCUT2D eigenvalue weighted by Crippen LogP contribution is -2.38. The van der Waals surface area contributed by atoms with Gasteiger partial charge in [-0.25, -0.2) is 0 Å². The van der Waals surface area contributed by atoms with E-state index in [9.17, 15) is 4.79 Å². The number of fused-ring (bicyclic) bond motifs is 1. The van der Waals surface area contributed by atoms with Gasteiger partial charge in [-0.15, -0.1) is 11.3 Å². The molecule has 0 bridgehead atoms. The van der Waals surface area contributed by atoms with Gasteiger partial charge in [0.2, 0.25) is 5.91 Å². The minimum Gasteiger partial charge on any atom is -0.341 e. The normalized spacial score (nSPS) is 20.9. The smallest absolute Gasteiger partial charge is 0.222 e. The molecule has 0 atom stereocenters. The number of likely N-dealkylation sites (tertiary alicyclic amines) is 1. The van der Waals surface area contributed by atoms with Gasteiger partial charge in [-0.05, 0) is 29.9 Å². The number of hydrogen-bond donors (Lipinski definition) is 0. The highest BCUT2D eigenvalue weighted by molar-refractivity contribution is 7.10. The maximum Gasteiger partial charge on any atom is 0.222 e. The molecule has 2 aliphatic heterocycles. The molecule has 0 aliphatic carbocycles. The van der Waals surface area contributed by atoms with E-state index in [0.29, 0.717) is 5.91 Å². The highest BCUT2D eigenvalue weighted by atomic mass is 32.1. The zero-order chi connectivity index (χ0) is 11.7. The zero-order valence-corrected chi connectivity index (χ0v) is 10.8. The predicted molar refractivity (Wildman–Crippen MR) is 69.1 cm³/mol. The van der Waals surface area contributed by atoms with Crippen molar-refractivity contribution in [3.8, 4) is 0 Å². The molecule has 0 unspecified atom stereocenters. The largest absolute Gasteiger partial charge is 0.341 e. The molecule has 1 amide bonds. The summed E-state index contributed by atoms with van der Waals surface area (Å²) >= 11 is 1.88. The molecule has 1 aromatic heterocycles. The fourth-order valence-corrected chi connectivity index (χ4v) is 3.59. The highest BCUT2D eigenvalue weighted by Gasteiger charge is 2.22. The summed E-state index contributed by atoms with van der Waals surface area (Å²) < 4.78 is 0. The van der Waals surface area contributed by atoms with Crippen LogP contribution >= 0.6 is 11.3 Å². The Hall–Kier alpha value is -0.870. The van der Waals surface area contributed by atoms with Gasteiger partial charge in [0.05, 0.1) is 0 Å². The van der Waals surface area contributed by atoms with E-state index in [-0.39, 0.29) is 0 Å². The first-order valence-electron chi connectivity index (χ1n) is 6.38. The van der Waals surface area contributed by atoms with Gasteiger partial charge in [0.25, 0.3) is 0 Å². The number of carbonyl (C=O) groups excluding carboxylic acids is 1. The molecule has 1 fully saturated rings. The van der Waals surface area contributed by atoms with E-state index >= 15 is 0 Å². The van der Waals surface area contributed by atoms with Gasteiger partial charge in [0.15, 0.2) is 0 Å². The number of carbonyl (C=O) groups is 1. The van der Waals surface area contributed by atoms with Crippen LogP contribution < -0.4 is 0 Å². The first kappa shape index (κ1) is 11.2. The van der Waals surface area contributed by atoms with E-state index in [1.807, 2.05) is 16.2 Å². The standard InChI is InChI=1S/C13H18N2OS/c16-13-2-1-5-15(13)8-7-14-6-3-12-11(10-14)4-9-17-12/h4,9H,1-3,5-8,10H2. The monoisotopic (exact) mass is 250 g/mol. The van der Waals surface area contributed by atoms with E-state index in [1.165, 1.54) is 12.0 Å². The number of thiophene rings is 1. The van der Waals surface area contributed by atoms with Crippen molar-refractivity contribution < 1.29 is 4.79 Å². The third-order valence-corrected chi connectivity index (χ3v) is 4.77. The Morgan fingerprint density at radius 3 is 3.00 bits per heavy atom. The highest BCUT2D eigenvalue weighted by Crippen LogP contribution is 2.23. The average molecular weight is 250 g/mol. The number of rotatable bonds is 3. The van der Waals surface area contributed by atoms with Crippen LogP contribution in [0.15, 0.2) is 11.4 Å². The second kappa shape index (κ2) is 4.78. The Morgan fingerprint density at radius 1 is 1.24 bits per heavy atom. The van der Waals surface area contributed by atoms with Crippen LogP contribution in [0.4, 0.5) is 0 Å². The second-order valence-corrected chi connectivity index (χ2v) is 5.88. The average Bonchev–Trinajstić information content (AvgIpc) is 2.94. The van der Waals surface area contributed by atoms with Crippen molar-refractivity contribution in [1.29, 1.82) is 0 Å². The fourth-order valence-electron chi connectivity index (χ4n) is 2.70. The molecule has 2 aliphatic rings. The van der Waals surface area contributed by atoms with E-state index in [1.54, 1.807) is 4.88 Å². The van der Waals surface area contributed by atoms with E-state index in [4.69, 9.17) is 0 Å². The van der Waals surface area contributed by atoms with Crippen LogP contribution in [0.25, 0.3) is 0 Å². The van der Waals surface area contributed by atoms with Crippen LogP contribution in [0.3, 0.4) is 0 Å². The summed E-state index contributed by atoms with van der Waals surface area (Å²) in [6.45, 7) is 5.13. The van der Waals surface area contributed by atoms with Crippen molar-refractivity contribution in [3.63, 3.8) is 0 Å². The third-order valence-electron chi connectivity index (χ3n) is 3.74. The molecular formula is C13H18N2OS. The first-order chi connectivity index (χ1) is 8.33. The van der Waals surface area contributed by atoms with E-state index in [2.05, 4.69) is 16.3 Å². The number of hydrogen-bond acceptors (Lipinski definition) is 3. The molecule has 0 radical (unpaired) electrons. The lowest BCUT2D eigenvalue weighted by molar-refractivity contribution is -0.127. The minimum atomic E-state index is 0.346. The molecule has 3 heterocycles. The van der Waals surface area contributed by atoms with Gasteiger partial charge in [-0.2, -0.15) is 0 Å². The van der Waals surface area contributed by atoms with Gasteiger partial charge < -0.3 is 4.90 Å². The van der Waals surface area contributed by atoms with Crippen molar-refractivity contribution in [3.05, 3.63) is 21.9 Å². The van der Waals surface area contributed by atoms with Crippen molar-refractivity contribution >= 4 is 17.2 Å². The van der Waals surface area contributed by atoms with Crippen LogP contribution in [0.2, 0.25) is 0 Å². The van der Waals surface area contributed by atoms with Crippen LogP contribution in [-0.2, 0) is 17.8 Å². The lowest BCUT2D eigenvalue weighted by atomic mass is 10.1. The quantitative estimate of drug-likeness (QED) is 0.815. The molecule has 92 valence electrons. The van der Waals surface area contributed by atoms with Gasteiger partial charge >= 0.3 is 0 Å². The third kappa shape index (κ3) is 2.38. The predicted octanol–water partition coefficient (Wildman–Crippen LogP) is 1.73. The first-order valence-corrected chi connectivity index (χ1v) is 7.26. The van der Waals surface area contributed by atoms with Gasteiger partial charge in [-0.1, -0.05) is 0 Å². The molecule has 3 nitrogen and oxygen atoms in total. The molecule has 4 heteroatoms. The Balaban J connectivity index is 1.52. The molecular weight excluding hydrogens is 232 g/mol. The lowest BCUT2D eigenvalue weighted by Gasteiger charge is -2.28.